The molecule has 1 aliphatic rings. The lowest BCUT2D eigenvalue weighted by molar-refractivity contribution is 0.579. The maximum Gasteiger partial charge on any atom is 0.220 e. The van der Waals surface area contributed by atoms with Gasteiger partial charge in [0.2, 0.25) is 5.95 Å². The van der Waals surface area contributed by atoms with Crippen LogP contribution in [-0.2, 0) is 6.54 Å². The third-order valence-electron chi connectivity index (χ3n) is 3.98. The van der Waals surface area contributed by atoms with Gasteiger partial charge in [0, 0.05) is 27.9 Å². The first kappa shape index (κ1) is 15.7. The summed E-state index contributed by atoms with van der Waals surface area (Å²) in [7, 11) is 0. The van der Waals surface area contributed by atoms with Crippen molar-refractivity contribution in [2.24, 2.45) is 4.99 Å². The molecule has 25 heavy (non-hydrogen) atoms. The summed E-state index contributed by atoms with van der Waals surface area (Å²) in [6.07, 6.45) is 1.57. The van der Waals surface area contributed by atoms with Crippen LogP contribution < -0.4 is 5.73 Å². The molecule has 2 N–H and O–H groups in total. The Morgan fingerprint density at radius 3 is 2.56 bits per heavy atom. The molecule has 0 bridgehead atoms. The second-order valence-electron chi connectivity index (χ2n) is 5.55. The molecule has 7 heteroatoms. The van der Waals surface area contributed by atoms with Crippen molar-refractivity contribution in [1.29, 1.82) is 0 Å². The molecule has 1 aliphatic heterocycles. The number of nitrogens with two attached hydrogens (primary N) is 1. The molecular weight excluding hydrogens is 346 g/mol. The van der Waals surface area contributed by atoms with Crippen LogP contribution >= 0.6 is 11.6 Å². The molecule has 0 aliphatic carbocycles. The molecule has 4 rings (SSSR count). The molecule has 0 fully saturated rings. The summed E-state index contributed by atoms with van der Waals surface area (Å²) >= 11 is 6.12. The van der Waals surface area contributed by atoms with Gasteiger partial charge in [-0.25, -0.2) is 18.7 Å². The fraction of sp³-hybridized carbons (Fsp3) is 0.0556. The molecule has 2 aromatic carbocycles. The standard InChI is InChI=1S/C18H11ClF2N4/c19-10-4-5-11-12(6-10)17(15-13(20)2-1-3-14(15)21)23-7-9-8-24-18(22)25-16(9)11/h1-6,8H,7H2,(H2,22,24,25). The number of benzene rings is 2. The lowest BCUT2D eigenvalue weighted by atomic mass is 9.95. The van der Waals surface area contributed by atoms with Gasteiger partial charge in [-0.05, 0) is 24.3 Å². The van der Waals surface area contributed by atoms with E-state index in [1.807, 2.05) is 0 Å². The number of nitrogens with zero attached hydrogens (tertiary/aromatic N) is 3. The summed E-state index contributed by atoms with van der Waals surface area (Å²) in [5.41, 5.74) is 8.13. The zero-order valence-electron chi connectivity index (χ0n) is 12.8. The summed E-state index contributed by atoms with van der Waals surface area (Å²) in [6.45, 7) is 0.172. The molecule has 4 nitrogen and oxygen atoms in total. The monoisotopic (exact) mass is 356 g/mol. The smallest absolute Gasteiger partial charge is 0.220 e. The van der Waals surface area contributed by atoms with E-state index < -0.39 is 11.6 Å². The minimum atomic E-state index is -0.693. The molecule has 1 aromatic heterocycles. The molecule has 0 amide bonds. The first-order valence-corrected chi connectivity index (χ1v) is 7.83. The number of aliphatic imine (C=N–C) groups is 1. The SMILES string of the molecule is Nc1ncc2c(n1)-c1ccc(Cl)cc1C(c1c(F)cccc1F)=NC2. The van der Waals surface area contributed by atoms with Crippen molar-refractivity contribution in [1.82, 2.24) is 9.97 Å². The van der Waals surface area contributed by atoms with Crippen molar-refractivity contribution < 1.29 is 8.78 Å². The molecule has 0 spiro atoms. The summed E-state index contributed by atoms with van der Waals surface area (Å²) in [5, 5.41) is 0.425. The molecule has 2 heterocycles. The number of aromatic nitrogens is 2. The van der Waals surface area contributed by atoms with E-state index >= 15 is 0 Å². The minimum absolute atomic E-state index is 0.111. The maximum atomic E-state index is 14.4. The highest BCUT2D eigenvalue weighted by atomic mass is 35.5. The zero-order chi connectivity index (χ0) is 17.6. The van der Waals surface area contributed by atoms with Crippen LogP contribution in [-0.4, -0.2) is 15.7 Å². The van der Waals surface area contributed by atoms with Gasteiger partial charge in [0.15, 0.2) is 0 Å². The number of halogens is 3. The fourth-order valence-corrected chi connectivity index (χ4v) is 3.05. The Morgan fingerprint density at radius 2 is 1.80 bits per heavy atom. The molecule has 124 valence electrons. The quantitative estimate of drug-likeness (QED) is 0.716. The van der Waals surface area contributed by atoms with Crippen LogP contribution in [0.25, 0.3) is 11.3 Å². The van der Waals surface area contributed by atoms with Crippen molar-refractivity contribution in [3.8, 4) is 11.3 Å². The Kier molecular flexibility index (Phi) is 3.69. The maximum absolute atomic E-state index is 14.4. The van der Waals surface area contributed by atoms with Gasteiger partial charge >= 0.3 is 0 Å². The number of rotatable bonds is 1. The number of nitrogen functional groups attached to an aromatic ring is 1. The van der Waals surface area contributed by atoms with Crippen LogP contribution in [0.3, 0.4) is 0 Å². The van der Waals surface area contributed by atoms with Crippen molar-refractivity contribution >= 4 is 23.3 Å². The van der Waals surface area contributed by atoms with Gasteiger partial charge < -0.3 is 5.73 Å². The minimum Gasteiger partial charge on any atom is -0.368 e. The Morgan fingerprint density at radius 1 is 1.04 bits per heavy atom. The van der Waals surface area contributed by atoms with Gasteiger partial charge in [-0.2, -0.15) is 0 Å². The van der Waals surface area contributed by atoms with E-state index in [0.29, 0.717) is 27.4 Å². The van der Waals surface area contributed by atoms with E-state index in [1.165, 1.54) is 18.2 Å². The highest BCUT2D eigenvalue weighted by Crippen LogP contribution is 2.34. The number of fused-ring (bicyclic) bond motifs is 3. The van der Waals surface area contributed by atoms with E-state index in [4.69, 9.17) is 17.3 Å². The summed E-state index contributed by atoms with van der Waals surface area (Å²) < 4.78 is 28.7. The summed E-state index contributed by atoms with van der Waals surface area (Å²) in [5.74, 6) is -1.28. The second-order valence-corrected chi connectivity index (χ2v) is 5.99. The van der Waals surface area contributed by atoms with Crippen LogP contribution in [0.4, 0.5) is 14.7 Å². The Hall–Kier alpha value is -2.86. The van der Waals surface area contributed by atoms with Gasteiger partial charge in [0.25, 0.3) is 0 Å². The van der Waals surface area contributed by atoms with Crippen LogP contribution in [0, 0.1) is 11.6 Å². The van der Waals surface area contributed by atoms with Gasteiger partial charge in [0.1, 0.15) is 11.6 Å². The number of hydrogen-bond donors (Lipinski definition) is 1. The predicted molar refractivity (Wildman–Crippen MR) is 92.6 cm³/mol. The highest BCUT2D eigenvalue weighted by molar-refractivity contribution is 6.31. The van der Waals surface area contributed by atoms with Crippen molar-refractivity contribution in [3.63, 3.8) is 0 Å². The van der Waals surface area contributed by atoms with Crippen molar-refractivity contribution in [2.45, 2.75) is 6.54 Å². The van der Waals surface area contributed by atoms with E-state index in [-0.39, 0.29) is 23.8 Å². The molecule has 0 saturated heterocycles. The van der Waals surface area contributed by atoms with Crippen LogP contribution in [0.2, 0.25) is 5.02 Å². The number of anilines is 1. The van der Waals surface area contributed by atoms with E-state index in [0.717, 1.165) is 0 Å². The first-order valence-electron chi connectivity index (χ1n) is 7.45. The average Bonchev–Trinajstić information content (AvgIpc) is 2.72. The highest BCUT2D eigenvalue weighted by Gasteiger charge is 2.24. The normalized spacial score (nSPS) is 12.8. The Bertz CT molecular complexity index is 1010. The zero-order valence-corrected chi connectivity index (χ0v) is 13.6. The lowest BCUT2D eigenvalue weighted by Gasteiger charge is -2.12. The summed E-state index contributed by atoms with van der Waals surface area (Å²) in [6, 6.07) is 8.74. The molecular formula is C18H11ClF2N4. The third kappa shape index (κ3) is 2.64. The van der Waals surface area contributed by atoms with Gasteiger partial charge in [-0.3, -0.25) is 4.99 Å². The van der Waals surface area contributed by atoms with Crippen molar-refractivity contribution in [2.75, 3.05) is 5.73 Å². The third-order valence-corrected chi connectivity index (χ3v) is 4.22. The molecule has 3 aromatic rings. The van der Waals surface area contributed by atoms with Crippen LogP contribution in [0.15, 0.2) is 47.6 Å². The molecule has 0 saturated carbocycles. The predicted octanol–water partition coefficient (Wildman–Crippen LogP) is 4.01. The van der Waals surface area contributed by atoms with E-state index in [2.05, 4.69) is 15.0 Å². The first-order chi connectivity index (χ1) is 12.0. The van der Waals surface area contributed by atoms with Crippen LogP contribution in [0.5, 0.6) is 0 Å². The lowest BCUT2D eigenvalue weighted by Crippen LogP contribution is -2.10. The second kappa shape index (κ2) is 5.89. The fourth-order valence-electron chi connectivity index (χ4n) is 2.88. The topological polar surface area (TPSA) is 64.2 Å². The largest absolute Gasteiger partial charge is 0.368 e. The average molecular weight is 357 g/mol. The summed E-state index contributed by atoms with van der Waals surface area (Å²) in [4.78, 5) is 12.7. The van der Waals surface area contributed by atoms with Gasteiger partial charge in [0.05, 0.1) is 23.5 Å². The van der Waals surface area contributed by atoms with Gasteiger partial charge in [-0.1, -0.05) is 23.7 Å². The Labute approximate surface area is 147 Å². The molecule has 0 unspecified atom stereocenters. The van der Waals surface area contributed by atoms with Crippen molar-refractivity contribution in [3.05, 3.63) is 75.9 Å². The molecule has 0 atom stereocenters. The Balaban J connectivity index is 2.04. The van der Waals surface area contributed by atoms with Gasteiger partial charge in [-0.15, -0.1) is 0 Å². The molecule has 0 radical (unpaired) electrons. The van der Waals surface area contributed by atoms with Crippen LogP contribution in [0.1, 0.15) is 16.7 Å². The van der Waals surface area contributed by atoms with E-state index in [1.54, 1.807) is 24.4 Å². The van der Waals surface area contributed by atoms with E-state index in [9.17, 15) is 8.78 Å². The number of hydrogen-bond acceptors (Lipinski definition) is 4.